The summed E-state index contributed by atoms with van der Waals surface area (Å²) in [5.74, 6) is 1.16. The maximum atomic E-state index is 4.04. The van der Waals surface area contributed by atoms with Crippen LogP contribution in [0.1, 0.15) is 41.0 Å². The van der Waals surface area contributed by atoms with Crippen LogP contribution in [-0.4, -0.2) is 30.1 Å². The van der Waals surface area contributed by atoms with Crippen LogP contribution in [0.25, 0.3) is 0 Å². The number of fused-ring (bicyclic) bond motifs is 3. The maximum absolute atomic E-state index is 4.04. The van der Waals surface area contributed by atoms with Gasteiger partial charge in [-0.05, 0) is 61.0 Å². The van der Waals surface area contributed by atoms with E-state index in [1.807, 2.05) is 0 Å². The van der Waals surface area contributed by atoms with Gasteiger partial charge in [-0.3, -0.25) is 4.90 Å². The molecule has 2 heteroatoms. The molecule has 0 amide bonds. The van der Waals surface area contributed by atoms with Crippen molar-refractivity contribution in [2.75, 3.05) is 13.1 Å². The van der Waals surface area contributed by atoms with Crippen molar-refractivity contribution in [2.24, 2.45) is 5.92 Å². The monoisotopic (exact) mass is 396 g/mol. The molecular weight excluding hydrogens is 364 g/mol. The standard InChI is InChI=1S/C28H32N2/c1-21-10-8-9-15-25(21)20-29-27-24-16-18-30(19-17-24)28(27)26(22-11-4-2-5-12-22)23-13-6-3-7-14-23/h2-15,24,26-29H,16-20H2,1H3. The van der Waals surface area contributed by atoms with Crippen LogP contribution in [0.4, 0.5) is 0 Å². The van der Waals surface area contributed by atoms with Gasteiger partial charge >= 0.3 is 0 Å². The van der Waals surface area contributed by atoms with Gasteiger partial charge in [0.15, 0.2) is 0 Å². The lowest BCUT2D eigenvalue weighted by molar-refractivity contribution is 0.00466. The highest BCUT2D eigenvalue weighted by molar-refractivity contribution is 5.36. The first-order chi connectivity index (χ1) is 14.8. The Morgan fingerprint density at radius 1 is 0.800 bits per heavy atom. The number of benzene rings is 3. The molecule has 154 valence electrons. The summed E-state index contributed by atoms with van der Waals surface area (Å²) in [6.07, 6.45) is 2.64. The highest BCUT2D eigenvalue weighted by Crippen LogP contribution is 2.42. The van der Waals surface area contributed by atoms with Crippen LogP contribution in [0.2, 0.25) is 0 Å². The molecule has 0 radical (unpaired) electrons. The Balaban J connectivity index is 1.50. The summed E-state index contributed by atoms with van der Waals surface area (Å²) in [5, 5.41) is 4.04. The molecule has 2 bridgehead atoms. The molecule has 30 heavy (non-hydrogen) atoms. The van der Waals surface area contributed by atoms with Gasteiger partial charge in [-0.1, -0.05) is 84.9 Å². The van der Waals surface area contributed by atoms with Crippen molar-refractivity contribution in [3.05, 3.63) is 107 Å². The smallest absolute Gasteiger partial charge is 0.0361 e. The molecule has 0 aliphatic carbocycles. The number of hydrogen-bond acceptors (Lipinski definition) is 2. The van der Waals surface area contributed by atoms with Gasteiger partial charge in [0.05, 0.1) is 0 Å². The molecule has 2 unspecified atom stereocenters. The zero-order chi connectivity index (χ0) is 20.3. The topological polar surface area (TPSA) is 15.3 Å². The van der Waals surface area contributed by atoms with Crippen molar-refractivity contribution >= 4 is 0 Å². The summed E-state index contributed by atoms with van der Waals surface area (Å²) in [6, 6.07) is 32.1. The second kappa shape index (κ2) is 8.75. The van der Waals surface area contributed by atoms with E-state index < -0.39 is 0 Å². The fourth-order valence-corrected chi connectivity index (χ4v) is 5.73. The van der Waals surface area contributed by atoms with Gasteiger partial charge in [0.25, 0.3) is 0 Å². The Hall–Kier alpha value is -2.42. The fraction of sp³-hybridized carbons (Fsp3) is 0.357. The van der Waals surface area contributed by atoms with Gasteiger partial charge in [-0.15, -0.1) is 0 Å². The van der Waals surface area contributed by atoms with Crippen LogP contribution < -0.4 is 5.32 Å². The molecule has 3 aliphatic rings. The molecule has 6 rings (SSSR count). The van der Waals surface area contributed by atoms with Gasteiger partial charge in [-0.25, -0.2) is 0 Å². The number of nitrogens with zero attached hydrogens (tertiary/aromatic N) is 1. The second-order valence-electron chi connectivity index (χ2n) is 9.00. The molecule has 3 aromatic rings. The number of piperidine rings is 3. The summed E-state index contributed by atoms with van der Waals surface area (Å²) < 4.78 is 0. The predicted octanol–water partition coefficient (Wildman–Crippen LogP) is 5.38. The Bertz CT molecular complexity index is 905. The average molecular weight is 397 g/mol. The Kier molecular flexibility index (Phi) is 5.70. The van der Waals surface area contributed by atoms with Gasteiger partial charge in [0, 0.05) is 24.5 Å². The van der Waals surface area contributed by atoms with Crippen LogP contribution >= 0.6 is 0 Å². The summed E-state index contributed by atoms with van der Waals surface area (Å²) >= 11 is 0. The van der Waals surface area contributed by atoms with E-state index in [1.54, 1.807) is 0 Å². The molecule has 3 saturated heterocycles. The van der Waals surface area contributed by atoms with E-state index >= 15 is 0 Å². The lowest BCUT2D eigenvalue weighted by Crippen LogP contribution is -2.64. The van der Waals surface area contributed by atoms with Crippen molar-refractivity contribution in [1.82, 2.24) is 10.2 Å². The van der Waals surface area contributed by atoms with Gasteiger partial charge < -0.3 is 5.32 Å². The maximum Gasteiger partial charge on any atom is 0.0361 e. The first-order valence-electron chi connectivity index (χ1n) is 11.4. The Morgan fingerprint density at radius 3 is 1.97 bits per heavy atom. The Morgan fingerprint density at radius 2 is 1.37 bits per heavy atom. The quantitative estimate of drug-likeness (QED) is 0.602. The molecule has 1 N–H and O–H groups in total. The predicted molar refractivity (Wildman–Crippen MR) is 125 cm³/mol. The number of aryl methyl sites for hydroxylation is 1. The third kappa shape index (κ3) is 3.82. The molecule has 2 nitrogen and oxygen atoms in total. The third-order valence-corrected chi connectivity index (χ3v) is 7.32. The SMILES string of the molecule is Cc1ccccc1CNC1C2CCN(CC2)C1C(c1ccccc1)c1ccccc1. The normalized spacial score (nSPS) is 25.5. The Labute approximate surface area is 180 Å². The molecule has 3 heterocycles. The van der Waals surface area contributed by atoms with E-state index in [4.69, 9.17) is 0 Å². The van der Waals surface area contributed by atoms with Crippen molar-refractivity contribution in [3.8, 4) is 0 Å². The average Bonchev–Trinajstić information content (AvgIpc) is 2.81. The number of hydrogen-bond donors (Lipinski definition) is 1. The number of nitrogens with one attached hydrogen (secondary N) is 1. The van der Waals surface area contributed by atoms with Gasteiger partial charge in [0.2, 0.25) is 0 Å². The first-order valence-corrected chi connectivity index (χ1v) is 11.4. The van der Waals surface area contributed by atoms with E-state index in [0.29, 0.717) is 18.0 Å². The first kappa shape index (κ1) is 19.5. The minimum atomic E-state index is 0.393. The van der Waals surface area contributed by atoms with E-state index in [9.17, 15) is 0 Å². The van der Waals surface area contributed by atoms with Crippen LogP contribution in [-0.2, 0) is 6.54 Å². The third-order valence-electron chi connectivity index (χ3n) is 7.32. The molecular formula is C28H32N2. The minimum Gasteiger partial charge on any atom is -0.308 e. The zero-order valence-corrected chi connectivity index (χ0v) is 17.9. The van der Waals surface area contributed by atoms with Crippen molar-refractivity contribution < 1.29 is 0 Å². The highest BCUT2D eigenvalue weighted by atomic mass is 15.2. The van der Waals surface area contributed by atoms with Crippen LogP contribution in [0, 0.1) is 12.8 Å². The minimum absolute atomic E-state index is 0.393. The molecule has 3 aliphatic heterocycles. The van der Waals surface area contributed by atoms with Crippen molar-refractivity contribution in [3.63, 3.8) is 0 Å². The summed E-state index contributed by atoms with van der Waals surface area (Å²) in [7, 11) is 0. The molecule has 0 aromatic heterocycles. The van der Waals surface area contributed by atoms with Gasteiger partial charge in [-0.2, -0.15) is 0 Å². The van der Waals surface area contributed by atoms with Gasteiger partial charge in [0.1, 0.15) is 0 Å². The van der Waals surface area contributed by atoms with Crippen LogP contribution in [0.5, 0.6) is 0 Å². The van der Waals surface area contributed by atoms with E-state index in [-0.39, 0.29) is 0 Å². The van der Waals surface area contributed by atoms with E-state index in [2.05, 4.69) is 102 Å². The van der Waals surface area contributed by atoms with Crippen LogP contribution in [0.15, 0.2) is 84.9 Å². The molecule has 2 atom stereocenters. The molecule has 0 saturated carbocycles. The molecule has 0 spiro atoms. The van der Waals surface area contributed by atoms with E-state index in [0.717, 1.165) is 12.5 Å². The molecule has 3 fully saturated rings. The largest absolute Gasteiger partial charge is 0.308 e. The summed E-state index contributed by atoms with van der Waals surface area (Å²) in [5.41, 5.74) is 5.67. The van der Waals surface area contributed by atoms with E-state index in [1.165, 1.54) is 48.2 Å². The number of rotatable bonds is 6. The fourth-order valence-electron chi connectivity index (χ4n) is 5.73. The summed E-state index contributed by atoms with van der Waals surface area (Å²) in [6.45, 7) is 5.64. The van der Waals surface area contributed by atoms with Crippen LogP contribution in [0.3, 0.4) is 0 Å². The lowest BCUT2D eigenvalue weighted by Gasteiger charge is -2.54. The van der Waals surface area contributed by atoms with Crippen molar-refractivity contribution in [2.45, 2.75) is 44.3 Å². The summed E-state index contributed by atoms with van der Waals surface area (Å²) in [4.78, 5) is 2.76. The lowest BCUT2D eigenvalue weighted by atomic mass is 9.70. The zero-order valence-electron chi connectivity index (χ0n) is 17.9. The second-order valence-corrected chi connectivity index (χ2v) is 9.00. The molecule has 3 aromatic carbocycles. The highest BCUT2D eigenvalue weighted by Gasteiger charge is 2.46. The van der Waals surface area contributed by atoms with Crippen molar-refractivity contribution in [1.29, 1.82) is 0 Å².